The Morgan fingerprint density at radius 3 is 2.74 bits per heavy atom. The summed E-state index contributed by atoms with van der Waals surface area (Å²) in [6, 6.07) is 17.0. The van der Waals surface area contributed by atoms with Gasteiger partial charge in [-0.05, 0) is 74.3 Å². The lowest BCUT2D eigenvalue weighted by Gasteiger charge is -2.43. The van der Waals surface area contributed by atoms with Crippen LogP contribution < -0.4 is 10.1 Å². The molecule has 8 nitrogen and oxygen atoms in total. The number of benzene rings is 2. The average Bonchev–Trinajstić information content (AvgIpc) is 3.72. The van der Waals surface area contributed by atoms with Gasteiger partial charge in [-0.25, -0.2) is 0 Å². The molecule has 4 heterocycles. The Labute approximate surface area is 226 Å². The molecule has 1 atom stereocenters. The van der Waals surface area contributed by atoms with Crippen LogP contribution in [0.3, 0.4) is 0 Å². The molecule has 198 valence electrons. The van der Waals surface area contributed by atoms with Crippen molar-refractivity contribution in [3.8, 4) is 17.0 Å². The van der Waals surface area contributed by atoms with Gasteiger partial charge >= 0.3 is 0 Å². The van der Waals surface area contributed by atoms with Crippen LogP contribution in [0.2, 0.25) is 0 Å². The molecule has 3 aliphatic rings. The van der Waals surface area contributed by atoms with Crippen LogP contribution in [0.25, 0.3) is 22.2 Å². The first kappa shape index (κ1) is 24.0. The van der Waals surface area contributed by atoms with Crippen LogP contribution in [-0.4, -0.2) is 57.5 Å². The summed E-state index contributed by atoms with van der Waals surface area (Å²) in [6.07, 6.45) is 6.06. The van der Waals surface area contributed by atoms with E-state index in [9.17, 15) is 9.59 Å². The minimum absolute atomic E-state index is 0.0993. The highest BCUT2D eigenvalue weighted by molar-refractivity contribution is 6.04. The van der Waals surface area contributed by atoms with E-state index in [1.54, 1.807) is 6.20 Å². The van der Waals surface area contributed by atoms with Gasteiger partial charge in [0.05, 0.1) is 34.9 Å². The molecule has 1 amide bonds. The predicted molar refractivity (Wildman–Crippen MR) is 148 cm³/mol. The van der Waals surface area contributed by atoms with Gasteiger partial charge in [0, 0.05) is 48.6 Å². The van der Waals surface area contributed by atoms with Crippen molar-refractivity contribution in [1.82, 2.24) is 25.4 Å². The van der Waals surface area contributed by atoms with E-state index in [1.165, 1.54) is 0 Å². The average molecular weight is 522 g/mol. The highest BCUT2D eigenvalue weighted by Gasteiger charge is 2.42. The lowest BCUT2D eigenvalue weighted by atomic mass is 9.82. The summed E-state index contributed by atoms with van der Waals surface area (Å²) < 4.78 is 6.45. The molecule has 39 heavy (non-hydrogen) atoms. The number of ketones is 1. The molecule has 2 fully saturated rings. The number of aromatic amines is 1. The number of ether oxygens (including phenoxy) is 1. The highest BCUT2D eigenvalue weighted by atomic mass is 16.5. The molecule has 1 saturated carbocycles. The van der Waals surface area contributed by atoms with E-state index in [4.69, 9.17) is 4.74 Å². The predicted octanol–water partition coefficient (Wildman–Crippen LogP) is 4.94. The molecule has 0 bridgehead atoms. The largest absolute Gasteiger partial charge is 0.486 e. The normalized spacial score (nSPS) is 19.5. The van der Waals surface area contributed by atoms with E-state index in [1.807, 2.05) is 54.6 Å². The SMILES string of the molecule is CN1CCC2(CC1)CC(=O)c1cc(-c3n[nH]c4ccc(C(=O)N[C@H](c5ccccn5)C5CC5)cc34)ccc1O2. The summed E-state index contributed by atoms with van der Waals surface area (Å²) in [4.78, 5) is 33.4. The van der Waals surface area contributed by atoms with Crippen LogP contribution >= 0.6 is 0 Å². The summed E-state index contributed by atoms with van der Waals surface area (Å²) >= 11 is 0. The Kier molecular flexibility index (Phi) is 5.74. The number of H-pyrrole nitrogens is 1. The Balaban J connectivity index is 1.17. The number of likely N-dealkylation sites (tertiary alicyclic amines) is 1. The van der Waals surface area contributed by atoms with Crippen molar-refractivity contribution >= 4 is 22.6 Å². The second-order valence-corrected chi connectivity index (χ2v) is 11.3. The van der Waals surface area contributed by atoms with Gasteiger partial charge in [0.1, 0.15) is 11.4 Å². The molecule has 4 aromatic rings. The number of piperidine rings is 1. The fraction of sp³-hybridized carbons (Fsp3) is 0.355. The van der Waals surface area contributed by atoms with Crippen molar-refractivity contribution in [3.05, 3.63) is 77.6 Å². The summed E-state index contributed by atoms with van der Waals surface area (Å²) in [5.74, 6) is 1.05. The van der Waals surface area contributed by atoms with Crippen LogP contribution in [0.15, 0.2) is 60.8 Å². The molecule has 2 aromatic heterocycles. The number of carbonyl (C=O) groups is 2. The number of pyridine rings is 1. The molecule has 0 unspecified atom stereocenters. The standard InChI is InChI=1S/C31H31N5O3/c1-36-14-11-31(12-15-36)18-26(37)23-16-20(8-10-27(23)39-31)28-22-17-21(7-9-24(22)34-35-28)30(38)33-29(19-5-6-19)25-4-2-3-13-32-25/h2-4,7-10,13,16-17,19,29H,5-6,11-12,14-15,18H2,1H3,(H,33,38)(H,34,35)/t29-/m0/s1. The first-order valence-electron chi connectivity index (χ1n) is 13.7. The summed E-state index contributed by atoms with van der Waals surface area (Å²) in [5, 5.41) is 11.7. The van der Waals surface area contributed by atoms with Crippen molar-refractivity contribution in [3.63, 3.8) is 0 Å². The maximum atomic E-state index is 13.3. The van der Waals surface area contributed by atoms with E-state index in [0.717, 1.165) is 60.9 Å². The molecule has 8 heteroatoms. The Morgan fingerprint density at radius 1 is 1.13 bits per heavy atom. The molecule has 7 rings (SSSR count). The smallest absolute Gasteiger partial charge is 0.251 e. The molecule has 1 aliphatic carbocycles. The molecule has 2 aliphatic heterocycles. The third-order valence-corrected chi connectivity index (χ3v) is 8.47. The van der Waals surface area contributed by atoms with Crippen molar-refractivity contribution in [1.29, 1.82) is 0 Å². The fourth-order valence-corrected chi connectivity index (χ4v) is 5.97. The molecular weight excluding hydrogens is 490 g/mol. The zero-order chi connectivity index (χ0) is 26.6. The Hall–Kier alpha value is -4.04. The molecule has 2 N–H and O–H groups in total. The van der Waals surface area contributed by atoms with Crippen molar-refractivity contribution < 1.29 is 14.3 Å². The van der Waals surface area contributed by atoms with Gasteiger partial charge in [0.25, 0.3) is 5.91 Å². The van der Waals surface area contributed by atoms with E-state index < -0.39 is 5.60 Å². The lowest BCUT2D eigenvalue weighted by Crippen LogP contribution is -2.50. The van der Waals surface area contributed by atoms with Gasteiger partial charge in [0.2, 0.25) is 0 Å². The minimum Gasteiger partial charge on any atom is -0.486 e. The summed E-state index contributed by atoms with van der Waals surface area (Å²) in [7, 11) is 2.10. The van der Waals surface area contributed by atoms with Gasteiger partial charge in [-0.2, -0.15) is 5.10 Å². The number of amides is 1. The molecule has 0 radical (unpaired) electrons. The monoisotopic (exact) mass is 521 g/mol. The summed E-state index contributed by atoms with van der Waals surface area (Å²) in [6.45, 7) is 1.86. The van der Waals surface area contributed by atoms with Crippen LogP contribution in [0, 0.1) is 5.92 Å². The van der Waals surface area contributed by atoms with Gasteiger partial charge in [-0.3, -0.25) is 19.7 Å². The maximum absolute atomic E-state index is 13.3. The van der Waals surface area contributed by atoms with Gasteiger partial charge in [0.15, 0.2) is 5.78 Å². The number of hydrogen-bond donors (Lipinski definition) is 2. The van der Waals surface area contributed by atoms with Crippen molar-refractivity contribution in [2.45, 2.75) is 43.7 Å². The Morgan fingerprint density at radius 2 is 1.97 bits per heavy atom. The third-order valence-electron chi connectivity index (χ3n) is 8.47. The molecule has 1 saturated heterocycles. The van der Waals surface area contributed by atoms with E-state index in [2.05, 4.69) is 32.4 Å². The number of nitrogens with zero attached hydrogens (tertiary/aromatic N) is 3. The van der Waals surface area contributed by atoms with Crippen molar-refractivity contribution in [2.24, 2.45) is 5.92 Å². The van der Waals surface area contributed by atoms with Crippen molar-refractivity contribution in [2.75, 3.05) is 20.1 Å². The number of fused-ring (bicyclic) bond motifs is 2. The zero-order valence-corrected chi connectivity index (χ0v) is 21.9. The number of carbonyl (C=O) groups excluding carboxylic acids is 2. The first-order valence-corrected chi connectivity index (χ1v) is 13.7. The third kappa shape index (κ3) is 4.48. The number of aromatic nitrogens is 3. The quantitative estimate of drug-likeness (QED) is 0.386. The number of Topliss-reactive ketones (excluding diaryl/α,β-unsaturated/α-hetero) is 1. The second kappa shape index (κ2) is 9.31. The van der Waals surface area contributed by atoms with E-state index >= 15 is 0 Å². The van der Waals surface area contributed by atoms with Crippen LogP contribution in [0.4, 0.5) is 0 Å². The van der Waals surface area contributed by atoms with Crippen LogP contribution in [0.1, 0.15) is 64.6 Å². The molecule has 2 aromatic carbocycles. The molecular formula is C31H31N5O3. The van der Waals surface area contributed by atoms with E-state index in [-0.39, 0.29) is 17.7 Å². The highest BCUT2D eigenvalue weighted by Crippen LogP contribution is 2.42. The zero-order valence-electron chi connectivity index (χ0n) is 21.9. The van der Waals surface area contributed by atoms with E-state index in [0.29, 0.717) is 34.9 Å². The maximum Gasteiger partial charge on any atom is 0.251 e. The number of nitrogens with one attached hydrogen (secondary N) is 2. The van der Waals surface area contributed by atoms with Gasteiger partial charge in [-0.15, -0.1) is 0 Å². The fourth-order valence-electron chi connectivity index (χ4n) is 5.97. The minimum atomic E-state index is -0.396. The lowest BCUT2D eigenvalue weighted by molar-refractivity contribution is -0.00366. The van der Waals surface area contributed by atoms with Gasteiger partial charge < -0.3 is 15.0 Å². The van der Waals surface area contributed by atoms with Crippen LogP contribution in [-0.2, 0) is 0 Å². The number of rotatable bonds is 5. The topological polar surface area (TPSA) is 100 Å². The van der Waals surface area contributed by atoms with Gasteiger partial charge in [-0.1, -0.05) is 6.07 Å². The second-order valence-electron chi connectivity index (χ2n) is 11.3. The van der Waals surface area contributed by atoms with Crippen LogP contribution in [0.5, 0.6) is 5.75 Å². The first-order chi connectivity index (χ1) is 19.0. The number of hydrogen-bond acceptors (Lipinski definition) is 6. The Bertz CT molecular complexity index is 1570. The summed E-state index contributed by atoms with van der Waals surface area (Å²) in [5.41, 5.74) is 4.01. The molecule has 1 spiro atoms.